The van der Waals surface area contributed by atoms with E-state index in [-0.39, 0.29) is 5.54 Å². The summed E-state index contributed by atoms with van der Waals surface area (Å²) in [7, 11) is 0. The maximum absolute atomic E-state index is 11.3. The fourth-order valence-corrected chi connectivity index (χ4v) is 5.29. The number of fused-ring (bicyclic) bond motifs is 1. The van der Waals surface area contributed by atoms with Crippen LogP contribution >= 0.6 is 0 Å². The third-order valence-electron chi connectivity index (χ3n) is 6.19. The van der Waals surface area contributed by atoms with Gasteiger partial charge in [-0.2, -0.15) is 0 Å². The molecule has 0 radical (unpaired) electrons. The van der Waals surface area contributed by atoms with Gasteiger partial charge in [0, 0.05) is 17.6 Å². The molecule has 4 heteroatoms. The third-order valence-corrected chi connectivity index (χ3v) is 6.19. The Hall–Kier alpha value is -1.39. The molecule has 1 amide bonds. The molecule has 22 heavy (non-hydrogen) atoms. The molecule has 3 aliphatic rings. The van der Waals surface area contributed by atoms with Gasteiger partial charge in [0.25, 0.3) is 5.91 Å². The predicted octanol–water partition coefficient (Wildman–Crippen LogP) is 2.86. The van der Waals surface area contributed by atoms with Gasteiger partial charge in [0.2, 0.25) is 0 Å². The van der Waals surface area contributed by atoms with Crippen LogP contribution in [0.5, 0.6) is 0 Å². The van der Waals surface area contributed by atoms with E-state index >= 15 is 0 Å². The van der Waals surface area contributed by atoms with Gasteiger partial charge in [-0.25, -0.2) is 5.48 Å². The molecule has 0 saturated heterocycles. The highest BCUT2D eigenvalue weighted by atomic mass is 16.5. The van der Waals surface area contributed by atoms with E-state index in [1.165, 1.54) is 37.7 Å². The highest BCUT2D eigenvalue weighted by Crippen LogP contribution is 2.72. The van der Waals surface area contributed by atoms with Gasteiger partial charge in [-0.3, -0.25) is 10.0 Å². The first-order valence-electron chi connectivity index (χ1n) is 8.30. The summed E-state index contributed by atoms with van der Waals surface area (Å²) in [6.07, 6.45) is 7.02. The van der Waals surface area contributed by atoms with Crippen LogP contribution in [0.15, 0.2) is 24.3 Å². The van der Waals surface area contributed by atoms with Gasteiger partial charge in [-0.1, -0.05) is 12.1 Å². The van der Waals surface area contributed by atoms with E-state index in [2.05, 4.69) is 12.2 Å². The van der Waals surface area contributed by atoms with Gasteiger partial charge >= 0.3 is 0 Å². The van der Waals surface area contributed by atoms with Crippen LogP contribution in [0.1, 0.15) is 54.9 Å². The van der Waals surface area contributed by atoms with Crippen LogP contribution in [-0.4, -0.2) is 16.7 Å². The Morgan fingerprint density at radius 3 is 2.73 bits per heavy atom. The van der Waals surface area contributed by atoms with Crippen molar-refractivity contribution in [3.63, 3.8) is 0 Å². The molecule has 2 bridgehead atoms. The first kappa shape index (κ1) is 14.2. The number of hydrogen-bond acceptors (Lipinski definition) is 3. The van der Waals surface area contributed by atoms with Crippen LogP contribution < -0.4 is 10.8 Å². The largest absolute Gasteiger partial charge is 0.307 e. The van der Waals surface area contributed by atoms with Crippen molar-refractivity contribution in [1.29, 1.82) is 0 Å². The zero-order chi connectivity index (χ0) is 15.4. The Kier molecular flexibility index (Phi) is 3.10. The minimum Gasteiger partial charge on any atom is -0.307 e. The second kappa shape index (κ2) is 4.80. The number of hydroxylamine groups is 1. The van der Waals surface area contributed by atoms with Crippen molar-refractivity contribution in [1.82, 2.24) is 10.8 Å². The Bertz CT molecular complexity index is 600. The van der Waals surface area contributed by atoms with E-state index in [9.17, 15) is 4.79 Å². The van der Waals surface area contributed by atoms with Crippen LogP contribution in [0.4, 0.5) is 0 Å². The smallest absolute Gasteiger partial charge is 0.274 e. The van der Waals surface area contributed by atoms with Gasteiger partial charge in [-0.15, -0.1) is 0 Å². The fourth-order valence-electron chi connectivity index (χ4n) is 5.29. The number of amides is 1. The van der Waals surface area contributed by atoms with Gasteiger partial charge in [0.05, 0.1) is 0 Å². The quantitative estimate of drug-likeness (QED) is 0.592. The lowest BCUT2D eigenvalue weighted by Gasteiger charge is -2.41. The maximum atomic E-state index is 11.3. The molecular formula is C18H24N2O2. The standard InChI is InChI=1S/C18H24N2O2/c1-17(7-13-6-15-9-18(15,8-13)11-17)19-10-12-2-4-14(5-3-12)16(21)20-22/h2-5,13,15,19,22H,6-11H2,1H3,(H,20,21)/t13?,15?,17-,18?/m1/s1. The molecule has 1 aromatic rings. The summed E-state index contributed by atoms with van der Waals surface area (Å²) in [5.41, 5.74) is 4.27. The fraction of sp³-hybridized carbons (Fsp3) is 0.611. The zero-order valence-corrected chi connectivity index (χ0v) is 13.1. The first-order valence-corrected chi connectivity index (χ1v) is 8.30. The Morgan fingerprint density at radius 1 is 1.27 bits per heavy atom. The maximum Gasteiger partial charge on any atom is 0.274 e. The average molecular weight is 300 g/mol. The van der Waals surface area contributed by atoms with E-state index in [1.807, 2.05) is 12.1 Å². The molecule has 4 atom stereocenters. The molecule has 0 aromatic heterocycles. The normalized spacial score (nSPS) is 38.5. The Morgan fingerprint density at radius 2 is 2.05 bits per heavy atom. The summed E-state index contributed by atoms with van der Waals surface area (Å²) in [5, 5.41) is 12.4. The Labute approximate surface area is 131 Å². The molecule has 0 aliphatic heterocycles. The van der Waals surface area contributed by atoms with Crippen LogP contribution in [-0.2, 0) is 6.54 Å². The number of carbonyl (C=O) groups excluding carboxylic acids is 1. The third kappa shape index (κ3) is 2.34. The van der Waals surface area contributed by atoms with Gasteiger partial charge in [0.15, 0.2) is 0 Å². The van der Waals surface area contributed by atoms with Crippen molar-refractivity contribution >= 4 is 5.91 Å². The van der Waals surface area contributed by atoms with Crippen molar-refractivity contribution in [2.45, 2.75) is 51.1 Å². The summed E-state index contributed by atoms with van der Waals surface area (Å²) in [5.74, 6) is 1.49. The summed E-state index contributed by atoms with van der Waals surface area (Å²) in [6.45, 7) is 3.22. The highest BCUT2D eigenvalue weighted by molar-refractivity contribution is 5.93. The number of nitrogens with one attached hydrogen (secondary N) is 2. The minimum atomic E-state index is -0.464. The summed E-state index contributed by atoms with van der Waals surface area (Å²) in [4.78, 5) is 11.3. The van der Waals surface area contributed by atoms with E-state index < -0.39 is 5.91 Å². The molecule has 4 nitrogen and oxygen atoms in total. The molecular weight excluding hydrogens is 276 g/mol. The minimum absolute atomic E-state index is 0.259. The van der Waals surface area contributed by atoms with Crippen molar-refractivity contribution in [2.24, 2.45) is 17.3 Å². The molecule has 3 saturated carbocycles. The van der Waals surface area contributed by atoms with E-state index in [0.29, 0.717) is 11.0 Å². The van der Waals surface area contributed by atoms with Crippen LogP contribution in [0.2, 0.25) is 0 Å². The zero-order valence-electron chi connectivity index (χ0n) is 13.1. The van der Waals surface area contributed by atoms with E-state index in [0.717, 1.165) is 18.4 Å². The summed E-state index contributed by atoms with van der Waals surface area (Å²) < 4.78 is 0. The molecule has 3 unspecified atom stereocenters. The Balaban J connectivity index is 1.39. The second-order valence-corrected chi connectivity index (χ2v) is 8.00. The first-order chi connectivity index (χ1) is 10.5. The molecule has 1 spiro atoms. The molecule has 3 N–H and O–H groups in total. The van der Waals surface area contributed by atoms with E-state index in [1.54, 1.807) is 17.6 Å². The van der Waals surface area contributed by atoms with Gasteiger partial charge in [-0.05, 0) is 74.0 Å². The van der Waals surface area contributed by atoms with Crippen molar-refractivity contribution in [3.05, 3.63) is 35.4 Å². The predicted molar refractivity (Wildman–Crippen MR) is 83.4 cm³/mol. The monoisotopic (exact) mass is 300 g/mol. The lowest BCUT2D eigenvalue weighted by atomic mass is 9.72. The number of benzene rings is 1. The molecule has 1 aromatic carbocycles. The van der Waals surface area contributed by atoms with Crippen molar-refractivity contribution < 1.29 is 10.0 Å². The number of hydrogen-bond donors (Lipinski definition) is 3. The molecule has 4 rings (SSSR count). The molecule has 3 aliphatic carbocycles. The van der Waals surface area contributed by atoms with Gasteiger partial charge < -0.3 is 5.32 Å². The highest BCUT2D eigenvalue weighted by Gasteiger charge is 2.64. The van der Waals surface area contributed by atoms with Crippen molar-refractivity contribution in [3.8, 4) is 0 Å². The lowest BCUT2D eigenvalue weighted by Crippen LogP contribution is -2.47. The molecule has 3 fully saturated rings. The molecule has 118 valence electrons. The van der Waals surface area contributed by atoms with Gasteiger partial charge in [0.1, 0.15) is 0 Å². The lowest BCUT2D eigenvalue weighted by molar-refractivity contribution is 0.0706. The van der Waals surface area contributed by atoms with Crippen molar-refractivity contribution in [2.75, 3.05) is 0 Å². The number of carbonyl (C=O) groups is 1. The number of rotatable bonds is 4. The second-order valence-electron chi connectivity index (χ2n) is 8.00. The van der Waals surface area contributed by atoms with E-state index in [4.69, 9.17) is 5.21 Å². The SMILES string of the molecule is C[C@@]1(NCc2ccc(C(=O)NO)cc2)CC2CC3CC3(C2)C1. The van der Waals surface area contributed by atoms with Crippen LogP contribution in [0.25, 0.3) is 0 Å². The average Bonchev–Trinajstić information content (AvgIpc) is 3.06. The molecule has 0 heterocycles. The van der Waals surface area contributed by atoms with Crippen LogP contribution in [0.3, 0.4) is 0 Å². The van der Waals surface area contributed by atoms with Crippen LogP contribution in [0, 0.1) is 17.3 Å². The summed E-state index contributed by atoms with van der Waals surface area (Å²) >= 11 is 0. The topological polar surface area (TPSA) is 61.4 Å². The summed E-state index contributed by atoms with van der Waals surface area (Å²) in [6, 6.07) is 7.42.